The van der Waals surface area contributed by atoms with Crippen LogP contribution in [0.4, 0.5) is 5.13 Å². The van der Waals surface area contributed by atoms with Gasteiger partial charge in [-0.15, -0.1) is 11.3 Å². The molecule has 0 unspecified atom stereocenters. The zero-order chi connectivity index (χ0) is 24.0. The van der Waals surface area contributed by atoms with Gasteiger partial charge in [-0.05, 0) is 29.0 Å². The summed E-state index contributed by atoms with van der Waals surface area (Å²) in [7, 11) is 1.31. The lowest BCUT2D eigenvalue weighted by atomic mass is 10.0. The van der Waals surface area contributed by atoms with E-state index in [1.165, 1.54) is 18.4 Å². The number of benzene rings is 3. The van der Waals surface area contributed by atoms with Crippen LogP contribution < -0.4 is 10.2 Å². The predicted octanol–water partition coefficient (Wildman–Crippen LogP) is 6.37. The number of aromatic nitrogens is 1. The Kier molecular flexibility index (Phi) is 6.54. The first-order valence-electron chi connectivity index (χ1n) is 10.8. The Morgan fingerprint density at radius 3 is 2.74 bits per heavy atom. The van der Waals surface area contributed by atoms with Crippen LogP contribution in [-0.4, -0.2) is 24.3 Å². The summed E-state index contributed by atoms with van der Waals surface area (Å²) < 4.78 is 16.2. The van der Waals surface area contributed by atoms with Crippen molar-refractivity contribution in [3.8, 4) is 17.0 Å². The molecule has 0 saturated heterocycles. The third kappa shape index (κ3) is 5.07. The van der Waals surface area contributed by atoms with Gasteiger partial charge < -0.3 is 13.9 Å². The fourth-order valence-corrected chi connectivity index (χ4v) is 4.24. The van der Waals surface area contributed by atoms with Crippen LogP contribution in [0.3, 0.4) is 0 Å². The number of thiazole rings is 1. The van der Waals surface area contributed by atoms with Crippen molar-refractivity contribution in [3.63, 3.8) is 0 Å². The van der Waals surface area contributed by atoms with Gasteiger partial charge in [0, 0.05) is 16.5 Å². The van der Waals surface area contributed by atoms with Crippen LogP contribution in [0.25, 0.3) is 22.0 Å². The third-order valence-electron chi connectivity index (χ3n) is 5.28. The molecule has 5 aromatic rings. The number of esters is 1. The maximum absolute atomic E-state index is 11.6. The van der Waals surface area contributed by atoms with Gasteiger partial charge in [-0.1, -0.05) is 60.7 Å². The van der Waals surface area contributed by atoms with E-state index in [2.05, 4.69) is 20.2 Å². The molecule has 1 N–H and O–H groups in total. The molecule has 0 bridgehead atoms. The van der Waals surface area contributed by atoms with Crippen molar-refractivity contribution in [1.82, 2.24) is 4.98 Å². The predicted molar refractivity (Wildman–Crippen MR) is 137 cm³/mol. The van der Waals surface area contributed by atoms with Crippen LogP contribution in [0.5, 0.6) is 5.75 Å². The Balaban J connectivity index is 1.36. The van der Waals surface area contributed by atoms with Crippen LogP contribution in [0.15, 0.2) is 93.8 Å². The van der Waals surface area contributed by atoms with Crippen molar-refractivity contribution in [1.29, 1.82) is 0 Å². The Hall–Kier alpha value is -4.43. The third-order valence-corrected chi connectivity index (χ3v) is 6.02. The number of hydrogen-bond acceptors (Lipinski definition) is 8. The number of hydrogen-bond donors (Lipinski definition) is 1. The molecule has 8 heteroatoms. The molecule has 0 spiro atoms. The van der Waals surface area contributed by atoms with Crippen molar-refractivity contribution in [2.45, 2.75) is 6.61 Å². The smallest absolute Gasteiger partial charge is 0.373 e. The van der Waals surface area contributed by atoms with Crippen LogP contribution >= 0.6 is 11.3 Å². The zero-order valence-corrected chi connectivity index (χ0v) is 19.6. The summed E-state index contributed by atoms with van der Waals surface area (Å²) >= 11 is 1.48. The quantitative estimate of drug-likeness (QED) is 0.157. The molecule has 0 aliphatic carbocycles. The highest BCUT2D eigenvalue weighted by atomic mass is 32.1. The topological polar surface area (TPSA) is 86.0 Å². The molecule has 0 fully saturated rings. The van der Waals surface area contributed by atoms with E-state index >= 15 is 0 Å². The van der Waals surface area contributed by atoms with Gasteiger partial charge in [0.25, 0.3) is 0 Å². The second-order valence-corrected chi connectivity index (χ2v) is 8.38. The molecule has 2 aromatic heterocycles. The summed E-state index contributed by atoms with van der Waals surface area (Å²) in [5, 5.41) is 9.17. The molecule has 0 atom stereocenters. The van der Waals surface area contributed by atoms with Crippen molar-refractivity contribution >= 4 is 39.4 Å². The largest absolute Gasteiger partial charge is 0.485 e. The van der Waals surface area contributed by atoms with E-state index in [9.17, 15) is 4.79 Å². The lowest BCUT2D eigenvalue weighted by Crippen LogP contribution is -2.00. The molecular formula is C27H21N3O4S. The Morgan fingerprint density at radius 1 is 1.06 bits per heavy atom. The molecule has 3 aromatic carbocycles. The number of furan rings is 1. The minimum atomic E-state index is -0.529. The highest BCUT2D eigenvalue weighted by molar-refractivity contribution is 7.14. The maximum Gasteiger partial charge on any atom is 0.373 e. The van der Waals surface area contributed by atoms with Gasteiger partial charge in [0.2, 0.25) is 10.9 Å². The number of rotatable bonds is 8. The van der Waals surface area contributed by atoms with Crippen molar-refractivity contribution in [2.75, 3.05) is 12.5 Å². The van der Waals surface area contributed by atoms with E-state index in [0.717, 1.165) is 27.6 Å². The van der Waals surface area contributed by atoms with Gasteiger partial charge in [0.15, 0.2) is 0 Å². The number of anilines is 1. The summed E-state index contributed by atoms with van der Waals surface area (Å²) in [4.78, 5) is 16.2. The zero-order valence-electron chi connectivity index (χ0n) is 18.8. The van der Waals surface area contributed by atoms with Gasteiger partial charge in [-0.2, -0.15) is 5.10 Å². The lowest BCUT2D eigenvalue weighted by molar-refractivity contribution is 0.0561. The van der Waals surface area contributed by atoms with E-state index in [4.69, 9.17) is 9.15 Å². The fourth-order valence-electron chi connectivity index (χ4n) is 3.57. The Bertz CT molecular complexity index is 1490. The lowest BCUT2D eigenvalue weighted by Gasteiger charge is -2.11. The average Bonchev–Trinajstić information content (AvgIpc) is 3.58. The molecule has 0 aliphatic rings. The summed E-state index contributed by atoms with van der Waals surface area (Å²) in [5.74, 6) is 0.748. The van der Waals surface area contributed by atoms with Gasteiger partial charge in [0.05, 0.1) is 19.0 Å². The van der Waals surface area contributed by atoms with Crippen LogP contribution in [0.2, 0.25) is 0 Å². The van der Waals surface area contributed by atoms with E-state index in [1.807, 2.05) is 72.1 Å². The van der Waals surface area contributed by atoms with Crippen molar-refractivity contribution in [2.24, 2.45) is 5.10 Å². The van der Waals surface area contributed by atoms with E-state index in [1.54, 1.807) is 18.3 Å². The number of carbonyl (C=O) groups excluding carboxylic acids is 1. The minimum absolute atomic E-state index is 0.133. The highest BCUT2D eigenvalue weighted by Crippen LogP contribution is 2.28. The first-order chi connectivity index (χ1) is 17.2. The number of carbonyl (C=O) groups is 1. The standard InChI is InChI=1S/C27H21N3O4S/c1-32-26(31)25-14-12-20(34-25)16-33-24-13-11-18-7-5-6-10-21(18)22(24)15-28-30-27-29-23(17-35-27)19-8-3-2-4-9-19/h2-15,17H,16H2,1H3,(H,29,30). The van der Waals surface area contributed by atoms with Gasteiger partial charge in [-0.3, -0.25) is 5.43 Å². The Morgan fingerprint density at radius 2 is 1.89 bits per heavy atom. The van der Waals surface area contributed by atoms with Gasteiger partial charge >= 0.3 is 5.97 Å². The van der Waals surface area contributed by atoms with Crippen molar-refractivity contribution < 1.29 is 18.7 Å². The highest BCUT2D eigenvalue weighted by Gasteiger charge is 2.13. The van der Waals surface area contributed by atoms with Gasteiger partial charge in [0.1, 0.15) is 18.1 Å². The molecule has 174 valence electrons. The number of ether oxygens (including phenoxy) is 2. The summed E-state index contributed by atoms with van der Waals surface area (Å²) in [6, 6.07) is 25.1. The summed E-state index contributed by atoms with van der Waals surface area (Å²) in [5.41, 5.74) is 5.79. The first-order valence-corrected chi connectivity index (χ1v) is 11.7. The average molecular weight is 484 g/mol. The molecule has 0 saturated carbocycles. The molecule has 0 amide bonds. The molecule has 0 aliphatic heterocycles. The number of nitrogens with one attached hydrogen (secondary N) is 1. The number of methoxy groups -OCH3 is 1. The number of fused-ring (bicyclic) bond motifs is 1. The molecule has 7 nitrogen and oxygen atoms in total. The second-order valence-electron chi connectivity index (χ2n) is 7.52. The normalized spacial score (nSPS) is 11.1. The van der Waals surface area contributed by atoms with E-state index < -0.39 is 5.97 Å². The van der Waals surface area contributed by atoms with Gasteiger partial charge in [-0.25, -0.2) is 9.78 Å². The monoisotopic (exact) mass is 483 g/mol. The molecular weight excluding hydrogens is 462 g/mol. The maximum atomic E-state index is 11.6. The molecule has 5 rings (SSSR count). The van der Waals surface area contributed by atoms with Crippen molar-refractivity contribution in [3.05, 3.63) is 101 Å². The minimum Gasteiger partial charge on any atom is -0.485 e. The fraction of sp³-hybridized carbons (Fsp3) is 0.0741. The summed E-state index contributed by atoms with van der Waals surface area (Å²) in [6.07, 6.45) is 1.73. The SMILES string of the molecule is COC(=O)c1ccc(COc2ccc3ccccc3c2C=NNc2nc(-c3ccccc3)cs2)o1. The molecule has 35 heavy (non-hydrogen) atoms. The van der Waals surface area contributed by atoms with E-state index in [-0.39, 0.29) is 12.4 Å². The molecule has 0 radical (unpaired) electrons. The summed E-state index contributed by atoms with van der Waals surface area (Å²) in [6.45, 7) is 0.149. The first kappa shape index (κ1) is 22.4. The van der Waals surface area contributed by atoms with Crippen LogP contribution in [0, 0.1) is 0 Å². The van der Waals surface area contributed by atoms with E-state index in [0.29, 0.717) is 16.6 Å². The number of nitrogens with zero attached hydrogens (tertiary/aromatic N) is 2. The molecule has 2 heterocycles. The van der Waals surface area contributed by atoms with Crippen LogP contribution in [-0.2, 0) is 11.3 Å². The number of hydrazone groups is 1. The van der Waals surface area contributed by atoms with Crippen LogP contribution in [0.1, 0.15) is 21.9 Å². The second kappa shape index (κ2) is 10.2. The Labute approximate surface area is 205 Å².